The number of benzene rings is 3. The van der Waals surface area contributed by atoms with Crippen molar-refractivity contribution in [3.63, 3.8) is 0 Å². The van der Waals surface area contributed by atoms with E-state index in [2.05, 4.69) is 5.32 Å². The van der Waals surface area contributed by atoms with Gasteiger partial charge in [0.25, 0.3) is 10.0 Å². The summed E-state index contributed by atoms with van der Waals surface area (Å²) in [4.78, 5) is 28.9. The topological polar surface area (TPSA) is 86.8 Å². The molecule has 0 heterocycles. The first-order valence-electron chi connectivity index (χ1n) is 13.7. The van der Waals surface area contributed by atoms with Crippen LogP contribution in [0.2, 0.25) is 10.0 Å². The van der Waals surface area contributed by atoms with Crippen molar-refractivity contribution in [3.8, 4) is 0 Å². The lowest BCUT2D eigenvalue weighted by Crippen LogP contribution is -2.52. The minimum atomic E-state index is -4.13. The number of carbonyl (C=O) groups excluding carboxylic acids is 2. The number of halogens is 2. The lowest BCUT2D eigenvalue weighted by Gasteiger charge is -2.33. The van der Waals surface area contributed by atoms with Gasteiger partial charge in [0.05, 0.1) is 20.6 Å². The maximum absolute atomic E-state index is 14.1. The number of nitrogens with zero attached hydrogens (tertiary/aromatic N) is 2. The molecule has 0 radical (unpaired) electrons. The van der Waals surface area contributed by atoms with E-state index in [1.807, 2.05) is 13.0 Å². The first kappa shape index (κ1) is 30.9. The van der Waals surface area contributed by atoms with Crippen LogP contribution in [0.25, 0.3) is 0 Å². The maximum atomic E-state index is 14.1. The van der Waals surface area contributed by atoms with Gasteiger partial charge in [-0.15, -0.1) is 0 Å². The minimum absolute atomic E-state index is 0.0428. The second kappa shape index (κ2) is 13.3. The highest BCUT2D eigenvalue weighted by atomic mass is 35.5. The van der Waals surface area contributed by atoms with E-state index in [1.165, 1.54) is 17.0 Å². The number of amides is 2. The summed E-state index contributed by atoms with van der Waals surface area (Å²) in [6.45, 7) is 4.87. The van der Waals surface area contributed by atoms with E-state index in [1.54, 1.807) is 62.4 Å². The summed E-state index contributed by atoms with van der Waals surface area (Å²) in [6, 6.07) is 17.7. The van der Waals surface area contributed by atoms with Crippen molar-refractivity contribution in [2.45, 2.75) is 70.0 Å². The van der Waals surface area contributed by atoms with Crippen LogP contribution >= 0.6 is 23.2 Å². The Kier molecular flexibility index (Phi) is 10.00. The van der Waals surface area contributed by atoms with Gasteiger partial charge in [0, 0.05) is 12.6 Å². The molecule has 0 aliphatic heterocycles. The van der Waals surface area contributed by atoms with Gasteiger partial charge in [-0.1, -0.05) is 78.0 Å². The van der Waals surface area contributed by atoms with Gasteiger partial charge >= 0.3 is 0 Å². The van der Waals surface area contributed by atoms with Gasteiger partial charge < -0.3 is 10.2 Å². The summed E-state index contributed by atoms with van der Waals surface area (Å²) in [5.41, 5.74) is 2.66. The molecule has 1 fully saturated rings. The molecule has 1 saturated carbocycles. The van der Waals surface area contributed by atoms with Gasteiger partial charge in [-0.05, 0) is 75.1 Å². The second-order valence-electron chi connectivity index (χ2n) is 10.5. The fourth-order valence-corrected chi connectivity index (χ4v) is 6.80. The van der Waals surface area contributed by atoms with E-state index in [0.717, 1.165) is 35.6 Å². The number of hydrogen-bond donors (Lipinski definition) is 1. The highest BCUT2D eigenvalue weighted by Crippen LogP contribution is 2.28. The molecule has 4 rings (SSSR count). The molecular weight excluding hydrogens is 581 g/mol. The quantitative estimate of drug-likeness (QED) is 0.291. The predicted octanol–water partition coefficient (Wildman–Crippen LogP) is 6.28. The Bertz CT molecular complexity index is 1510. The molecule has 3 aromatic carbocycles. The number of sulfonamides is 1. The summed E-state index contributed by atoms with van der Waals surface area (Å²) in [5.74, 6) is -0.807. The van der Waals surface area contributed by atoms with Crippen molar-refractivity contribution >= 4 is 50.7 Å². The van der Waals surface area contributed by atoms with Crippen LogP contribution in [0.15, 0.2) is 71.6 Å². The Labute approximate surface area is 252 Å². The minimum Gasteiger partial charge on any atom is -0.352 e. The van der Waals surface area contributed by atoms with Crippen molar-refractivity contribution in [3.05, 3.63) is 93.5 Å². The zero-order chi connectivity index (χ0) is 29.7. The zero-order valence-corrected chi connectivity index (χ0v) is 25.8. The molecule has 1 N–H and O–H groups in total. The largest absolute Gasteiger partial charge is 0.352 e. The average Bonchev–Trinajstić information content (AvgIpc) is 3.45. The predicted molar refractivity (Wildman–Crippen MR) is 164 cm³/mol. The first-order chi connectivity index (χ1) is 19.5. The van der Waals surface area contributed by atoms with Crippen LogP contribution in [0.1, 0.15) is 49.3 Å². The standard InChI is InChI=1S/C31H35Cl2N3O4S/c1-21-12-15-26(16-13-21)41(39,40)36(29-11-7-4-8-22(29)2)20-30(37)35(19-24-14-17-27(32)28(33)18-24)23(3)31(38)34-25-9-5-6-10-25/h4,7-8,11-18,23,25H,5-6,9-10,19-20H2,1-3H3,(H,34,38)/t23-/m0/s1. The molecular formula is C31H35Cl2N3O4S. The fraction of sp³-hybridized carbons (Fsp3) is 0.355. The summed E-state index contributed by atoms with van der Waals surface area (Å²) >= 11 is 12.4. The lowest BCUT2D eigenvalue weighted by molar-refractivity contribution is -0.139. The third kappa shape index (κ3) is 7.42. The average molecular weight is 617 g/mol. The van der Waals surface area contributed by atoms with E-state index >= 15 is 0 Å². The monoisotopic (exact) mass is 615 g/mol. The number of rotatable bonds is 10. The van der Waals surface area contributed by atoms with Crippen LogP contribution in [0, 0.1) is 13.8 Å². The first-order valence-corrected chi connectivity index (χ1v) is 15.9. The Morgan fingerprint density at radius 1 is 0.951 bits per heavy atom. The Balaban J connectivity index is 1.70. The molecule has 0 aromatic heterocycles. The molecule has 10 heteroatoms. The maximum Gasteiger partial charge on any atom is 0.264 e. The molecule has 2 amide bonds. The van der Waals surface area contributed by atoms with E-state index in [0.29, 0.717) is 26.9 Å². The SMILES string of the molecule is Cc1ccc(S(=O)(=O)N(CC(=O)N(Cc2ccc(Cl)c(Cl)c2)[C@@H](C)C(=O)NC2CCCC2)c2ccccc2C)cc1. The van der Waals surface area contributed by atoms with Gasteiger partial charge in [0.2, 0.25) is 11.8 Å². The van der Waals surface area contributed by atoms with Crippen molar-refractivity contribution in [2.24, 2.45) is 0 Å². The van der Waals surface area contributed by atoms with Crippen LogP contribution in [0.3, 0.4) is 0 Å². The molecule has 1 aliphatic carbocycles. The van der Waals surface area contributed by atoms with E-state index in [-0.39, 0.29) is 23.4 Å². The fourth-order valence-electron chi connectivity index (χ4n) is 5.00. The zero-order valence-electron chi connectivity index (χ0n) is 23.4. The van der Waals surface area contributed by atoms with Gasteiger partial charge in [-0.2, -0.15) is 0 Å². The number of hydrogen-bond acceptors (Lipinski definition) is 4. The van der Waals surface area contributed by atoms with Gasteiger partial charge in [0.1, 0.15) is 12.6 Å². The molecule has 41 heavy (non-hydrogen) atoms. The van der Waals surface area contributed by atoms with E-state index < -0.39 is 28.5 Å². The number of nitrogens with one attached hydrogen (secondary N) is 1. The second-order valence-corrected chi connectivity index (χ2v) is 13.2. The van der Waals surface area contributed by atoms with Crippen molar-refractivity contribution in [1.29, 1.82) is 0 Å². The van der Waals surface area contributed by atoms with E-state index in [9.17, 15) is 18.0 Å². The number of anilines is 1. The summed E-state index contributed by atoms with van der Waals surface area (Å²) in [7, 11) is -4.13. The van der Waals surface area contributed by atoms with E-state index in [4.69, 9.17) is 23.2 Å². The molecule has 0 spiro atoms. The molecule has 0 bridgehead atoms. The van der Waals surface area contributed by atoms with Crippen LogP contribution in [-0.2, 0) is 26.2 Å². The molecule has 7 nitrogen and oxygen atoms in total. The van der Waals surface area contributed by atoms with Crippen molar-refractivity contribution < 1.29 is 18.0 Å². The summed E-state index contributed by atoms with van der Waals surface area (Å²) < 4.78 is 29.1. The highest BCUT2D eigenvalue weighted by Gasteiger charge is 2.33. The van der Waals surface area contributed by atoms with Crippen LogP contribution in [-0.4, -0.2) is 43.8 Å². The summed E-state index contributed by atoms with van der Waals surface area (Å²) in [5, 5.41) is 3.76. The number of carbonyl (C=O) groups is 2. The molecule has 0 unspecified atom stereocenters. The van der Waals surface area contributed by atoms with Crippen molar-refractivity contribution in [1.82, 2.24) is 10.2 Å². The highest BCUT2D eigenvalue weighted by molar-refractivity contribution is 7.92. The molecule has 0 saturated heterocycles. The lowest BCUT2D eigenvalue weighted by atomic mass is 10.1. The Morgan fingerprint density at radius 2 is 1.61 bits per heavy atom. The third-order valence-electron chi connectivity index (χ3n) is 7.48. The number of aryl methyl sites for hydroxylation is 2. The van der Waals surface area contributed by atoms with Gasteiger partial charge in [0.15, 0.2) is 0 Å². The Hall–Kier alpha value is -3.07. The van der Waals surface area contributed by atoms with Crippen LogP contribution in [0.4, 0.5) is 5.69 Å². The molecule has 1 atom stereocenters. The molecule has 1 aliphatic rings. The molecule has 3 aromatic rings. The smallest absolute Gasteiger partial charge is 0.264 e. The van der Waals surface area contributed by atoms with Crippen LogP contribution < -0.4 is 9.62 Å². The number of para-hydroxylation sites is 1. The molecule has 218 valence electrons. The normalized spacial score (nSPS) is 14.5. The van der Waals surface area contributed by atoms with Gasteiger partial charge in [-0.3, -0.25) is 13.9 Å². The van der Waals surface area contributed by atoms with Gasteiger partial charge in [-0.25, -0.2) is 8.42 Å². The van der Waals surface area contributed by atoms with Crippen LogP contribution in [0.5, 0.6) is 0 Å². The Morgan fingerprint density at radius 3 is 2.24 bits per heavy atom. The van der Waals surface area contributed by atoms with Crippen molar-refractivity contribution in [2.75, 3.05) is 10.8 Å². The third-order valence-corrected chi connectivity index (χ3v) is 9.99. The summed E-state index contributed by atoms with van der Waals surface area (Å²) in [6.07, 6.45) is 3.89.